The fourth-order valence-corrected chi connectivity index (χ4v) is 1.90. The summed E-state index contributed by atoms with van der Waals surface area (Å²) in [6.45, 7) is 8.06. The maximum atomic E-state index is 12.0. The molecule has 0 aliphatic carbocycles. The highest BCUT2D eigenvalue weighted by atomic mass is 16.5. The van der Waals surface area contributed by atoms with Crippen LogP contribution in [-0.2, 0) is 23.8 Å². The Kier molecular flexibility index (Phi) is 8.57. The molecule has 0 saturated carbocycles. The summed E-state index contributed by atoms with van der Waals surface area (Å²) in [5.41, 5.74) is 0.713. The van der Waals surface area contributed by atoms with E-state index in [1.54, 1.807) is 51.1 Å². The molecule has 26 heavy (non-hydrogen) atoms. The zero-order valence-electron chi connectivity index (χ0n) is 15.0. The number of carbonyl (C=O) groups is 3. The predicted molar refractivity (Wildman–Crippen MR) is 96.1 cm³/mol. The highest BCUT2D eigenvalue weighted by Gasteiger charge is 2.14. The van der Waals surface area contributed by atoms with E-state index >= 15 is 0 Å². The van der Waals surface area contributed by atoms with Crippen molar-refractivity contribution in [1.82, 2.24) is 0 Å². The third-order valence-electron chi connectivity index (χ3n) is 3.10. The van der Waals surface area contributed by atoms with Gasteiger partial charge in [0.25, 0.3) is 0 Å². The van der Waals surface area contributed by atoms with Crippen LogP contribution in [0.15, 0.2) is 67.0 Å². The Bertz CT molecular complexity index is 702. The lowest BCUT2D eigenvalue weighted by Crippen LogP contribution is -2.17. The molecule has 0 spiro atoms. The molecule has 2 atom stereocenters. The number of ether oxygens (including phenoxy) is 3. The second kappa shape index (κ2) is 10.7. The SMILES string of the molecule is C=COC(=O)/C=C/[C@H](C)OC(=O)/C(C)=C/[C@H](C)OC(=O)c1ccccc1. The Morgan fingerprint density at radius 1 is 1.04 bits per heavy atom. The van der Waals surface area contributed by atoms with Gasteiger partial charge in [0.05, 0.1) is 11.8 Å². The second-order valence-electron chi connectivity index (χ2n) is 5.40. The maximum absolute atomic E-state index is 12.0. The normalized spacial score (nSPS) is 13.6. The fraction of sp³-hybridized carbons (Fsp3) is 0.250. The Hall–Kier alpha value is -3.15. The fourth-order valence-electron chi connectivity index (χ4n) is 1.90. The van der Waals surface area contributed by atoms with Crippen LogP contribution in [0.5, 0.6) is 0 Å². The van der Waals surface area contributed by atoms with Gasteiger partial charge in [-0.05, 0) is 45.1 Å². The van der Waals surface area contributed by atoms with Gasteiger partial charge in [-0.3, -0.25) is 0 Å². The lowest BCUT2D eigenvalue weighted by atomic mass is 10.2. The molecule has 6 heteroatoms. The topological polar surface area (TPSA) is 78.9 Å². The van der Waals surface area contributed by atoms with Gasteiger partial charge in [0.2, 0.25) is 0 Å². The molecule has 6 nitrogen and oxygen atoms in total. The Labute approximate surface area is 152 Å². The van der Waals surface area contributed by atoms with E-state index in [-0.39, 0.29) is 5.57 Å². The zero-order valence-corrected chi connectivity index (χ0v) is 15.0. The molecule has 0 aliphatic rings. The van der Waals surface area contributed by atoms with Crippen LogP contribution in [0.2, 0.25) is 0 Å². The van der Waals surface area contributed by atoms with Crippen LogP contribution < -0.4 is 0 Å². The predicted octanol–water partition coefficient (Wildman–Crippen LogP) is 3.35. The highest BCUT2D eigenvalue weighted by Crippen LogP contribution is 2.08. The van der Waals surface area contributed by atoms with Gasteiger partial charge in [-0.2, -0.15) is 0 Å². The minimum atomic E-state index is -0.634. The molecule has 0 saturated heterocycles. The van der Waals surface area contributed by atoms with Crippen LogP contribution in [0.4, 0.5) is 0 Å². The molecule has 0 amide bonds. The van der Waals surface area contributed by atoms with Gasteiger partial charge in [0.15, 0.2) is 0 Å². The summed E-state index contributed by atoms with van der Waals surface area (Å²) < 4.78 is 14.9. The van der Waals surface area contributed by atoms with E-state index in [2.05, 4.69) is 11.3 Å². The third kappa shape index (κ3) is 7.61. The van der Waals surface area contributed by atoms with Crippen LogP contribution in [0.1, 0.15) is 31.1 Å². The van der Waals surface area contributed by atoms with Crippen molar-refractivity contribution in [2.24, 2.45) is 0 Å². The molecule has 0 fully saturated rings. The van der Waals surface area contributed by atoms with E-state index in [4.69, 9.17) is 9.47 Å². The van der Waals surface area contributed by atoms with Gasteiger partial charge in [0, 0.05) is 11.6 Å². The number of rotatable bonds is 8. The number of esters is 3. The van der Waals surface area contributed by atoms with Crippen LogP contribution in [0.3, 0.4) is 0 Å². The van der Waals surface area contributed by atoms with E-state index in [9.17, 15) is 14.4 Å². The summed E-state index contributed by atoms with van der Waals surface area (Å²) in [4.78, 5) is 35.1. The standard InChI is InChI=1S/C20H22O6/c1-5-24-18(21)12-11-15(3)25-19(22)14(2)13-16(4)26-20(23)17-9-7-6-8-10-17/h5-13,15-16H,1H2,2-4H3/b12-11+,14-13+/t15-,16-/m0/s1. The summed E-state index contributed by atoms with van der Waals surface area (Å²) >= 11 is 0. The highest BCUT2D eigenvalue weighted by molar-refractivity contribution is 5.90. The first-order valence-electron chi connectivity index (χ1n) is 7.98. The van der Waals surface area contributed by atoms with Crippen LogP contribution in [0.25, 0.3) is 0 Å². The van der Waals surface area contributed by atoms with Crippen molar-refractivity contribution in [2.45, 2.75) is 33.0 Å². The first-order valence-corrected chi connectivity index (χ1v) is 7.98. The smallest absolute Gasteiger partial charge is 0.338 e. The van der Waals surface area contributed by atoms with Gasteiger partial charge in [0.1, 0.15) is 12.2 Å². The largest absolute Gasteiger partial charge is 0.455 e. The van der Waals surface area contributed by atoms with Crippen molar-refractivity contribution >= 4 is 17.9 Å². The molecule has 0 unspecified atom stereocenters. The van der Waals surface area contributed by atoms with E-state index < -0.39 is 30.1 Å². The molecule has 0 N–H and O–H groups in total. The van der Waals surface area contributed by atoms with Crippen molar-refractivity contribution in [1.29, 1.82) is 0 Å². The average molecular weight is 358 g/mol. The van der Waals surface area contributed by atoms with Gasteiger partial charge >= 0.3 is 17.9 Å². The van der Waals surface area contributed by atoms with Crippen LogP contribution >= 0.6 is 0 Å². The Morgan fingerprint density at radius 2 is 1.69 bits per heavy atom. The molecular formula is C20H22O6. The molecule has 0 heterocycles. The van der Waals surface area contributed by atoms with E-state index in [0.29, 0.717) is 5.56 Å². The van der Waals surface area contributed by atoms with Gasteiger partial charge in [-0.1, -0.05) is 24.8 Å². The zero-order chi connectivity index (χ0) is 19.5. The average Bonchev–Trinajstić information content (AvgIpc) is 2.60. The van der Waals surface area contributed by atoms with Crippen molar-refractivity contribution in [3.05, 3.63) is 72.5 Å². The van der Waals surface area contributed by atoms with Gasteiger partial charge < -0.3 is 14.2 Å². The maximum Gasteiger partial charge on any atom is 0.338 e. The molecule has 0 bridgehead atoms. The van der Waals surface area contributed by atoms with E-state index in [1.165, 1.54) is 12.2 Å². The minimum Gasteiger partial charge on any atom is -0.455 e. The minimum absolute atomic E-state index is 0.285. The molecule has 0 aliphatic heterocycles. The quantitative estimate of drug-likeness (QED) is 0.307. The molecule has 0 aromatic heterocycles. The molecule has 138 valence electrons. The lowest BCUT2D eigenvalue weighted by molar-refractivity contribution is -0.141. The monoisotopic (exact) mass is 358 g/mol. The molecule has 0 radical (unpaired) electrons. The Balaban J connectivity index is 2.56. The molecular weight excluding hydrogens is 336 g/mol. The number of carbonyl (C=O) groups excluding carboxylic acids is 3. The summed E-state index contributed by atoms with van der Waals surface area (Å²) in [6, 6.07) is 8.56. The first-order chi connectivity index (χ1) is 12.3. The van der Waals surface area contributed by atoms with E-state index in [1.807, 2.05) is 0 Å². The van der Waals surface area contributed by atoms with Gasteiger partial charge in [-0.25, -0.2) is 14.4 Å². The Morgan fingerprint density at radius 3 is 2.31 bits per heavy atom. The van der Waals surface area contributed by atoms with Crippen molar-refractivity contribution in [3.8, 4) is 0 Å². The van der Waals surface area contributed by atoms with Crippen LogP contribution in [0, 0.1) is 0 Å². The number of benzene rings is 1. The van der Waals surface area contributed by atoms with Crippen molar-refractivity contribution in [2.75, 3.05) is 0 Å². The van der Waals surface area contributed by atoms with Crippen LogP contribution in [-0.4, -0.2) is 30.1 Å². The van der Waals surface area contributed by atoms with Gasteiger partial charge in [-0.15, -0.1) is 0 Å². The third-order valence-corrected chi connectivity index (χ3v) is 3.10. The summed E-state index contributed by atoms with van der Waals surface area (Å²) in [6.07, 6.45) is 3.78. The molecule has 1 aromatic rings. The molecule has 1 rings (SSSR count). The lowest BCUT2D eigenvalue weighted by Gasteiger charge is -2.12. The number of hydrogen-bond donors (Lipinski definition) is 0. The number of hydrogen-bond acceptors (Lipinski definition) is 6. The summed E-state index contributed by atoms with van der Waals surface area (Å²) in [5, 5.41) is 0. The summed E-state index contributed by atoms with van der Waals surface area (Å²) in [5.74, 6) is -1.67. The molecule has 1 aromatic carbocycles. The summed E-state index contributed by atoms with van der Waals surface area (Å²) in [7, 11) is 0. The first kappa shape index (κ1) is 20.9. The van der Waals surface area contributed by atoms with E-state index in [0.717, 1.165) is 12.3 Å². The van der Waals surface area contributed by atoms with Crippen molar-refractivity contribution in [3.63, 3.8) is 0 Å². The second-order valence-corrected chi connectivity index (χ2v) is 5.40. The van der Waals surface area contributed by atoms with Crippen molar-refractivity contribution < 1.29 is 28.6 Å².